The van der Waals surface area contributed by atoms with Crippen LogP contribution in [0.1, 0.15) is 0 Å². The van der Waals surface area contributed by atoms with Gasteiger partial charge in [-0.1, -0.05) is 6.07 Å². The van der Waals surface area contributed by atoms with E-state index >= 15 is 0 Å². The number of hydrogen-bond donors (Lipinski definition) is 1. The van der Waals surface area contributed by atoms with Crippen molar-refractivity contribution in [3.8, 4) is 0 Å². The van der Waals surface area contributed by atoms with Gasteiger partial charge < -0.3 is 5.32 Å². The molecule has 0 fully saturated rings. The maximum atomic E-state index is 13.4. The van der Waals surface area contributed by atoms with Crippen LogP contribution in [0.4, 0.5) is 15.9 Å². The number of aromatic nitrogens is 2. The van der Waals surface area contributed by atoms with E-state index in [1.54, 1.807) is 0 Å². The van der Waals surface area contributed by atoms with Crippen LogP contribution >= 0.6 is 43.5 Å². The van der Waals surface area contributed by atoms with Crippen LogP contribution in [0.3, 0.4) is 0 Å². The Kier molecular flexibility index (Phi) is 3.96. The van der Waals surface area contributed by atoms with Gasteiger partial charge >= 0.3 is 0 Å². The molecule has 3 nitrogen and oxygen atoms in total. The summed E-state index contributed by atoms with van der Waals surface area (Å²) in [6.45, 7) is 0. The first-order valence-corrected chi connectivity index (χ1v) is 6.43. The smallest absolute Gasteiger partial charge is 0.224 e. The lowest BCUT2D eigenvalue weighted by molar-refractivity contribution is 0.619. The molecule has 1 heterocycles. The van der Waals surface area contributed by atoms with E-state index in [1.165, 1.54) is 0 Å². The molecule has 17 heavy (non-hydrogen) atoms. The first-order chi connectivity index (χ1) is 8.08. The van der Waals surface area contributed by atoms with Crippen LogP contribution in [0.2, 0.25) is 5.28 Å². The first kappa shape index (κ1) is 12.7. The summed E-state index contributed by atoms with van der Waals surface area (Å²) in [5.74, 6) is -0.547. The number of nitrogens with one attached hydrogen (secondary N) is 1. The average Bonchev–Trinajstić information content (AvgIpc) is 2.28. The number of halogens is 4. The minimum atomic E-state index is -0.572. The van der Waals surface area contributed by atoms with Crippen LogP contribution in [-0.2, 0) is 0 Å². The highest BCUT2D eigenvalue weighted by atomic mass is 79.9. The monoisotopic (exact) mass is 379 g/mol. The van der Waals surface area contributed by atoms with Crippen LogP contribution in [-0.4, -0.2) is 9.97 Å². The van der Waals surface area contributed by atoms with Crippen molar-refractivity contribution in [2.24, 2.45) is 0 Å². The number of anilines is 2. The van der Waals surface area contributed by atoms with Gasteiger partial charge in [0.1, 0.15) is 0 Å². The molecule has 0 spiro atoms. The molecule has 1 aromatic heterocycles. The van der Waals surface area contributed by atoms with Gasteiger partial charge in [-0.3, -0.25) is 0 Å². The van der Waals surface area contributed by atoms with Crippen molar-refractivity contribution >= 4 is 55.0 Å². The Morgan fingerprint density at radius 3 is 2.53 bits per heavy atom. The Labute approximate surface area is 119 Å². The third kappa shape index (κ3) is 2.94. The highest BCUT2D eigenvalue weighted by Crippen LogP contribution is 2.33. The fourth-order valence-electron chi connectivity index (χ4n) is 1.17. The van der Waals surface area contributed by atoms with Crippen LogP contribution < -0.4 is 5.32 Å². The van der Waals surface area contributed by atoms with E-state index in [0.29, 0.717) is 5.69 Å². The van der Waals surface area contributed by atoms with Gasteiger partial charge in [-0.15, -0.1) is 0 Å². The van der Waals surface area contributed by atoms with Crippen LogP contribution in [0, 0.1) is 5.82 Å². The van der Waals surface area contributed by atoms with Gasteiger partial charge in [0, 0.05) is 8.95 Å². The highest BCUT2D eigenvalue weighted by Gasteiger charge is 2.10. The van der Waals surface area contributed by atoms with E-state index in [2.05, 4.69) is 47.1 Å². The summed E-state index contributed by atoms with van der Waals surface area (Å²) in [6, 6.07) is 5.50. The topological polar surface area (TPSA) is 37.8 Å². The summed E-state index contributed by atoms with van der Waals surface area (Å²) >= 11 is 12.3. The van der Waals surface area contributed by atoms with Crippen LogP contribution in [0.25, 0.3) is 0 Å². The van der Waals surface area contributed by atoms with Crippen molar-refractivity contribution in [3.05, 3.63) is 44.4 Å². The molecule has 1 N–H and O–H groups in total. The minimum absolute atomic E-state index is 0.0166. The molecule has 88 valence electrons. The van der Waals surface area contributed by atoms with E-state index in [0.717, 1.165) is 15.1 Å². The van der Waals surface area contributed by atoms with Crippen molar-refractivity contribution in [2.45, 2.75) is 0 Å². The maximum absolute atomic E-state index is 13.4. The zero-order chi connectivity index (χ0) is 12.4. The second-order valence-corrected chi connectivity index (χ2v) is 5.10. The molecule has 7 heteroatoms. The van der Waals surface area contributed by atoms with Gasteiger partial charge in [0.15, 0.2) is 11.6 Å². The molecule has 0 bridgehead atoms. The van der Waals surface area contributed by atoms with Gasteiger partial charge in [0.25, 0.3) is 0 Å². The zero-order valence-electron chi connectivity index (χ0n) is 8.22. The lowest BCUT2D eigenvalue weighted by Crippen LogP contribution is -2.00. The SMILES string of the molecule is Fc1cnc(Cl)nc1Nc1c(Br)cccc1Br. The lowest BCUT2D eigenvalue weighted by Gasteiger charge is -2.10. The van der Waals surface area contributed by atoms with Crippen molar-refractivity contribution < 1.29 is 4.39 Å². The standard InChI is InChI=1S/C10H5Br2ClFN3/c11-5-2-1-3-6(12)8(5)16-9-7(14)4-15-10(13)17-9/h1-4H,(H,15,16,17). The number of para-hydroxylation sites is 1. The molecule has 0 saturated heterocycles. The van der Waals surface area contributed by atoms with Gasteiger partial charge in [-0.2, -0.15) is 4.98 Å². The van der Waals surface area contributed by atoms with E-state index in [-0.39, 0.29) is 11.1 Å². The quantitative estimate of drug-likeness (QED) is 0.777. The summed E-state index contributed by atoms with van der Waals surface area (Å²) < 4.78 is 15.0. The Bertz CT molecular complexity index is 545. The number of rotatable bonds is 2. The Morgan fingerprint density at radius 2 is 1.88 bits per heavy atom. The maximum Gasteiger partial charge on any atom is 0.224 e. The summed E-state index contributed by atoms with van der Waals surface area (Å²) in [4.78, 5) is 7.32. The fraction of sp³-hybridized carbons (Fsp3) is 0. The Balaban J connectivity index is 2.41. The third-order valence-corrected chi connectivity index (χ3v) is 3.42. The van der Waals surface area contributed by atoms with Crippen LogP contribution in [0.5, 0.6) is 0 Å². The molecule has 2 aromatic rings. The lowest BCUT2D eigenvalue weighted by atomic mass is 10.3. The molecule has 0 amide bonds. The molecule has 0 unspecified atom stereocenters. The van der Waals surface area contributed by atoms with Gasteiger partial charge in [-0.05, 0) is 55.6 Å². The summed E-state index contributed by atoms with van der Waals surface area (Å²) in [5, 5.41) is 2.83. The van der Waals surface area contributed by atoms with Crippen molar-refractivity contribution in [3.63, 3.8) is 0 Å². The number of benzene rings is 1. The molecule has 0 aliphatic carbocycles. The predicted octanol–water partition coefficient (Wildman–Crippen LogP) is 4.54. The molecule has 0 atom stereocenters. The van der Waals surface area contributed by atoms with Gasteiger partial charge in [-0.25, -0.2) is 9.37 Å². The van der Waals surface area contributed by atoms with E-state index in [9.17, 15) is 4.39 Å². The average molecular weight is 381 g/mol. The third-order valence-electron chi connectivity index (χ3n) is 1.92. The summed E-state index contributed by atoms with van der Waals surface area (Å²) in [6.07, 6.45) is 1.02. The van der Waals surface area contributed by atoms with Gasteiger partial charge in [0.05, 0.1) is 11.9 Å². The molecular formula is C10H5Br2ClFN3. The first-order valence-electron chi connectivity index (χ1n) is 4.47. The second-order valence-electron chi connectivity index (χ2n) is 3.06. The normalized spacial score (nSPS) is 10.4. The highest BCUT2D eigenvalue weighted by molar-refractivity contribution is 9.11. The van der Waals surface area contributed by atoms with Crippen LogP contribution in [0.15, 0.2) is 33.3 Å². The zero-order valence-corrected chi connectivity index (χ0v) is 12.1. The minimum Gasteiger partial charge on any atom is -0.336 e. The predicted molar refractivity (Wildman–Crippen MR) is 72.1 cm³/mol. The fourth-order valence-corrected chi connectivity index (χ4v) is 2.50. The van der Waals surface area contributed by atoms with E-state index in [4.69, 9.17) is 11.6 Å². The number of nitrogens with zero attached hydrogens (tertiary/aromatic N) is 2. The summed E-state index contributed by atoms with van der Waals surface area (Å²) in [7, 11) is 0. The van der Waals surface area contributed by atoms with Crippen molar-refractivity contribution in [2.75, 3.05) is 5.32 Å². The number of hydrogen-bond acceptors (Lipinski definition) is 3. The van der Waals surface area contributed by atoms with Crippen molar-refractivity contribution in [1.29, 1.82) is 0 Å². The van der Waals surface area contributed by atoms with Gasteiger partial charge in [0.2, 0.25) is 5.28 Å². The van der Waals surface area contributed by atoms with E-state index < -0.39 is 5.82 Å². The molecule has 0 aliphatic rings. The molecule has 0 saturated carbocycles. The molecule has 0 aliphatic heterocycles. The molecular weight excluding hydrogens is 376 g/mol. The Morgan fingerprint density at radius 1 is 1.24 bits per heavy atom. The van der Waals surface area contributed by atoms with Crippen molar-refractivity contribution in [1.82, 2.24) is 9.97 Å². The Hall–Kier alpha value is -0.720. The summed E-state index contributed by atoms with van der Waals surface area (Å²) in [5.41, 5.74) is 0.668. The molecule has 1 aromatic carbocycles. The largest absolute Gasteiger partial charge is 0.336 e. The molecule has 0 radical (unpaired) electrons. The molecule has 2 rings (SSSR count). The van der Waals surface area contributed by atoms with E-state index in [1.807, 2.05) is 18.2 Å². The second kappa shape index (κ2) is 5.29.